The maximum atomic E-state index is 12.6. The van der Waals surface area contributed by atoms with Crippen molar-refractivity contribution in [3.8, 4) is 5.75 Å². The van der Waals surface area contributed by atoms with Crippen LogP contribution in [0, 0.1) is 0 Å². The summed E-state index contributed by atoms with van der Waals surface area (Å²) in [5, 5.41) is 0. The number of amides is 1. The van der Waals surface area contributed by atoms with E-state index in [0.717, 1.165) is 30.1 Å². The SMILES string of the molecule is COc1cccc(N2CCN(C(=O)C(N)Cc3ccccc3)CC2)c1. The predicted octanol–water partition coefficient (Wildman–Crippen LogP) is 1.91. The van der Waals surface area contributed by atoms with Crippen LogP contribution in [-0.4, -0.2) is 50.1 Å². The minimum absolute atomic E-state index is 0.0362. The van der Waals surface area contributed by atoms with Crippen molar-refractivity contribution in [1.82, 2.24) is 4.90 Å². The third-order valence-electron chi connectivity index (χ3n) is 4.63. The first kappa shape index (κ1) is 17.3. The molecule has 0 bridgehead atoms. The van der Waals surface area contributed by atoms with E-state index in [-0.39, 0.29) is 5.91 Å². The van der Waals surface area contributed by atoms with Crippen molar-refractivity contribution in [2.75, 3.05) is 38.2 Å². The fourth-order valence-electron chi connectivity index (χ4n) is 3.18. The van der Waals surface area contributed by atoms with Crippen molar-refractivity contribution in [2.24, 2.45) is 5.73 Å². The number of hydrogen-bond donors (Lipinski definition) is 1. The molecular formula is C20H25N3O2. The molecule has 0 aromatic heterocycles. The molecule has 2 N–H and O–H groups in total. The maximum absolute atomic E-state index is 12.6. The van der Waals surface area contributed by atoms with Crippen molar-refractivity contribution < 1.29 is 9.53 Å². The zero-order valence-corrected chi connectivity index (χ0v) is 14.6. The molecule has 1 atom stereocenters. The Morgan fingerprint density at radius 3 is 2.48 bits per heavy atom. The van der Waals surface area contributed by atoms with Gasteiger partial charge in [-0.25, -0.2) is 0 Å². The van der Waals surface area contributed by atoms with E-state index in [1.54, 1.807) is 7.11 Å². The second kappa shape index (κ2) is 8.03. The molecule has 0 aliphatic carbocycles. The Balaban J connectivity index is 1.55. The molecule has 5 nitrogen and oxygen atoms in total. The molecule has 1 unspecified atom stereocenters. The second-order valence-electron chi connectivity index (χ2n) is 6.31. The highest BCUT2D eigenvalue weighted by molar-refractivity contribution is 5.82. The van der Waals surface area contributed by atoms with Gasteiger partial charge in [0.25, 0.3) is 0 Å². The lowest BCUT2D eigenvalue weighted by molar-refractivity contribution is -0.132. The molecule has 3 rings (SSSR count). The zero-order chi connectivity index (χ0) is 17.6. The summed E-state index contributed by atoms with van der Waals surface area (Å²) < 4.78 is 5.29. The number of nitrogens with two attached hydrogens (primary N) is 1. The topological polar surface area (TPSA) is 58.8 Å². The summed E-state index contributed by atoms with van der Waals surface area (Å²) in [6.07, 6.45) is 0.579. The molecular weight excluding hydrogens is 314 g/mol. The Morgan fingerprint density at radius 2 is 1.80 bits per heavy atom. The Morgan fingerprint density at radius 1 is 1.08 bits per heavy atom. The van der Waals surface area contributed by atoms with Crippen LogP contribution >= 0.6 is 0 Å². The molecule has 0 radical (unpaired) electrons. The van der Waals surface area contributed by atoms with Crippen molar-refractivity contribution in [3.63, 3.8) is 0 Å². The summed E-state index contributed by atoms with van der Waals surface area (Å²) in [4.78, 5) is 16.8. The lowest BCUT2D eigenvalue weighted by atomic mass is 10.1. The molecule has 2 aromatic rings. The lowest BCUT2D eigenvalue weighted by Gasteiger charge is -2.37. The molecule has 1 aliphatic rings. The molecule has 0 spiro atoms. The summed E-state index contributed by atoms with van der Waals surface area (Å²) >= 11 is 0. The number of hydrogen-bond acceptors (Lipinski definition) is 4. The van der Waals surface area contributed by atoms with Gasteiger partial charge in [0, 0.05) is 37.9 Å². The molecule has 5 heteroatoms. The van der Waals surface area contributed by atoms with Crippen LogP contribution in [-0.2, 0) is 11.2 Å². The van der Waals surface area contributed by atoms with E-state index in [9.17, 15) is 4.79 Å². The first-order chi connectivity index (χ1) is 12.2. The summed E-state index contributed by atoms with van der Waals surface area (Å²) in [6, 6.07) is 17.5. The van der Waals surface area contributed by atoms with Crippen molar-refractivity contribution >= 4 is 11.6 Å². The van der Waals surface area contributed by atoms with Gasteiger partial charge < -0.3 is 20.3 Å². The van der Waals surface area contributed by atoms with E-state index < -0.39 is 6.04 Å². The van der Waals surface area contributed by atoms with E-state index in [1.165, 1.54) is 0 Å². The molecule has 132 valence electrons. The highest BCUT2D eigenvalue weighted by Gasteiger charge is 2.25. The van der Waals surface area contributed by atoms with Crippen LogP contribution in [0.3, 0.4) is 0 Å². The Labute approximate surface area is 149 Å². The fraction of sp³-hybridized carbons (Fsp3) is 0.350. The predicted molar refractivity (Wildman–Crippen MR) is 99.9 cm³/mol. The smallest absolute Gasteiger partial charge is 0.239 e. The van der Waals surface area contributed by atoms with Crippen molar-refractivity contribution in [1.29, 1.82) is 0 Å². The molecule has 2 aromatic carbocycles. The van der Waals surface area contributed by atoms with Gasteiger partial charge in [0.2, 0.25) is 5.91 Å². The van der Waals surface area contributed by atoms with E-state index >= 15 is 0 Å². The molecule has 1 fully saturated rings. The molecule has 1 amide bonds. The van der Waals surface area contributed by atoms with Gasteiger partial charge in [0.1, 0.15) is 5.75 Å². The molecule has 1 aliphatic heterocycles. The fourth-order valence-corrected chi connectivity index (χ4v) is 3.18. The number of nitrogens with zero attached hydrogens (tertiary/aromatic N) is 2. The van der Waals surface area contributed by atoms with Gasteiger partial charge in [0.05, 0.1) is 13.2 Å². The minimum Gasteiger partial charge on any atom is -0.497 e. The van der Waals surface area contributed by atoms with Crippen LogP contribution in [0.15, 0.2) is 54.6 Å². The highest BCUT2D eigenvalue weighted by atomic mass is 16.5. The van der Waals surface area contributed by atoms with E-state index in [4.69, 9.17) is 10.5 Å². The van der Waals surface area contributed by atoms with Gasteiger partial charge in [-0.3, -0.25) is 4.79 Å². The summed E-state index contributed by atoms with van der Waals surface area (Å²) in [7, 11) is 1.67. The Hall–Kier alpha value is -2.53. The largest absolute Gasteiger partial charge is 0.497 e. The molecule has 1 heterocycles. The summed E-state index contributed by atoms with van der Waals surface area (Å²) in [6.45, 7) is 2.99. The Kier molecular flexibility index (Phi) is 5.56. The number of rotatable bonds is 5. The van der Waals surface area contributed by atoms with Crippen LogP contribution in [0.25, 0.3) is 0 Å². The van der Waals surface area contributed by atoms with Gasteiger partial charge >= 0.3 is 0 Å². The van der Waals surface area contributed by atoms with Crippen LogP contribution in [0.4, 0.5) is 5.69 Å². The third-order valence-corrected chi connectivity index (χ3v) is 4.63. The standard InChI is InChI=1S/C20H25N3O2/c1-25-18-9-5-8-17(15-18)22-10-12-23(13-11-22)20(24)19(21)14-16-6-3-2-4-7-16/h2-9,15,19H,10-14,21H2,1H3. The minimum atomic E-state index is -0.481. The van der Waals surface area contributed by atoms with E-state index in [0.29, 0.717) is 19.5 Å². The number of anilines is 1. The first-order valence-electron chi connectivity index (χ1n) is 8.64. The molecule has 25 heavy (non-hydrogen) atoms. The number of carbonyl (C=O) groups excluding carboxylic acids is 1. The zero-order valence-electron chi connectivity index (χ0n) is 14.6. The highest BCUT2D eigenvalue weighted by Crippen LogP contribution is 2.22. The lowest BCUT2D eigenvalue weighted by Crippen LogP contribution is -2.53. The molecule has 0 saturated carbocycles. The van der Waals surface area contributed by atoms with Gasteiger partial charge in [0.15, 0.2) is 0 Å². The Bertz CT molecular complexity index is 697. The molecule has 1 saturated heterocycles. The average Bonchev–Trinajstić information content (AvgIpc) is 2.68. The summed E-state index contributed by atoms with van der Waals surface area (Å²) in [5.41, 5.74) is 8.36. The number of piperazine rings is 1. The number of ether oxygens (including phenoxy) is 1. The number of carbonyl (C=O) groups is 1. The third kappa shape index (κ3) is 4.31. The first-order valence-corrected chi connectivity index (χ1v) is 8.64. The number of methoxy groups -OCH3 is 1. The van der Waals surface area contributed by atoms with Crippen LogP contribution < -0.4 is 15.4 Å². The number of benzene rings is 2. The van der Waals surface area contributed by atoms with E-state index in [2.05, 4.69) is 11.0 Å². The van der Waals surface area contributed by atoms with E-state index in [1.807, 2.05) is 53.4 Å². The average molecular weight is 339 g/mol. The van der Waals surface area contributed by atoms with Gasteiger partial charge in [-0.05, 0) is 24.1 Å². The normalized spacial score (nSPS) is 15.8. The second-order valence-corrected chi connectivity index (χ2v) is 6.31. The van der Waals surface area contributed by atoms with Crippen LogP contribution in [0.5, 0.6) is 5.75 Å². The van der Waals surface area contributed by atoms with Gasteiger partial charge in [-0.2, -0.15) is 0 Å². The van der Waals surface area contributed by atoms with Crippen molar-refractivity contribution in [2.45, 2.75) is 12.5 Å². The van der Waals surface area contributed by atoms with Crippen LogP contribution in [0.1, 0.15) is 5.56 Å². The van der Waals surface area contributed by atoms with Crippen molar-refractivity contribution in [3.05, 3.63) is 60.2 Å². The van der Waals surface area contributed by atoms with Gasteiger partial charge in [-0.1, -0.05) is 36.4 Å². The summed E-state index contributed by atoms with van der Waals surface area (Å²) in [5.74, 6) is 0.884. The maximum Gasteiger partial charge on any atom is 0.239 e. The van der Waals surface area contributed by atoms with Crippen LogP contribution in [0.2, 0.25) is 0 Å². The quantitative estimate of drug-likeness (QED) is 0.904. The van der Waals surface area contributed by atoms with Gasteiger partial charge in [-0.15, -0.1) is 0 Å². The monoisotopic (exact) mass is 339 g/mol.